The molecule has 3 amide bonds. The van der Waals surface area contributed by atoms with Gasteiger partial charge < -0.3 is 25.0 Å². The molecule has 1 aromatic heterocycles. The Labute approximate surface area is 238 Å². The van der Waals surface area contributed by atoms with Crippen LogP contribution in [0, 0.1) is 6.92 Å². The molecule has 3 aromatic rings. The van der Waals surface area contributed by atoms with Crippen molar-refractivity contribution < 1.29 is 29.0 Å². The molecule has 41 heavy (non-hydrogen) atoms. The lowest BCUT2D eigenvalue weighted by molar-refractivity contribution is -0.138. The average Bonchev–Trinajstić information content (AvgIpc) is 2.99. The molecule has 1 unspecified atom stereocenters. The third kappa shape index (κ3) is 7.65. The van der Waals surface area contributed by atoms with E-state index in [1.165, 1.54) is 9.80 Å². The van der Waals surface area contributed by atoms with Crippen molar-refractivity contribution in [3.8, 4) is 22.6 Å². The minimum absolute atomic E-state index is 0.0515. The summed E-state index contributed by atoms with van der Waals surface area (Å²) < 4.78 is 5.03. The number of carbonyl (C=O) groups excluding carboxylic acids is 3. The fourth-order valence-corrected chi connectivity index (χ4v) is 4.53. The zero-order chi connectivity index (χ0) is 29.4. The van der Waals surface area contributed by atoms with Crippen LogP contribution in [-0.4, -0.2) is 87.6 Å². The van der Waals surface area contributed by atoms with Crippen LogP contribution in [0.2, 0.25) is 0 Å². The van der Waals surface area contributed by atoms with Gasteiger partial charge in [-0.2, -0.15) is 0 Å². The summed E-state index contributed by atoms with van der Waals surface area (Å²) in [5.74, 6) is -1.77. The molecule has 0 bridgehead atoms. The zero-order valence-corrected chi connectivity index (χ0v) is 23.1. The SMILES string of the molecule is CCOC(=O)N1CCN(C(=O)C(CCC(=O)O)NC(=O)c2cc(-c3cccc(C)c3)nc(-c3ccccc3)n2)CC1. The van der Waals surface area contributed by atoms with E-state index >= 15 is 0 Å². The van der Waals surface area contributed by atoms with Crippen LogP contribution in [0.25, 0.3) is 22.6 Å². The summed E-state index contributed by atoms with van der Waals surface area (Å²) >= 11 is 0. The van der Waals surface area contributed by atoms with E-state index in [2.05, 4.69) is 10.3 Å². The lowest BCUT2D eigenvalue weighted by Gasteiger charge is -2.35. The Hall–Kier alpha value is -4.80. The number of amides is 3. The zero-order valence-electron chi connectivity index (χ0n) is 23.1. The van der Waals surface area contributed by atoms with Gasteiger partial charge in [0.1, 0.15) is 11.7 Å². The topological polar surface area (TPSA) is 142 Å². The van der Waals surface area contributed by atoms with Crippen LogP contribution in [0.1, 0.15) is 35.8 Å². The smallest absolute Gasteiger partial charge is 0.409 e. The highest BCUT2D eigenvalue weighted by Crippen LogP contribution is 2.23. The van der Waals surface area contributed by atoms with Crippen molar-refractivity contribution in [2.75, 3.05) is 32.8 Å². The van der Waals surface area contributed by atoms with E-state index in [-0.39, 0.29) is 51.3 Å². The van der Waals surface area contributed by atoms with E-state index in [1.54, 1.807) is 13.0 Å². The van der Waals surface area contributed by atoms with Crippen LogP contribution < -0.4 is 5.32 Å². The summed E-state index contributed by atoms with van der Waals surface area (Å²) in [4.78, 5) is 62.6. The van der Waals surface area contributed by atoms with Crippen molar-refractivity contribution in [3.05, 3.63) is 71.9 Å². The molecule has 0 spiro atoms. The van der Waals surface area contributed by atoms with Crippen molar-refractivity contribution >= 4 is 23.9 Å². The van der Waals surface area contributed by atoms with E-state index in [0.717, 1.165) is 11.1 Å². The molecule has 4 rings (SSSR count). The van der Waals surface area contributed by atoms with E-state index < -0.39 is 29.9 Å². The van der Waals surface area contributed by atoms with Gasteiger partial charge in [0.2, 0.25) is 5.91 Å². The van der Waals surface area contributed by atoms with Crippen LogP contribution in [0.4, 0.5) is 4.79 Å². The second-order valence-electron chi connectivity index (χ2n) is 9.67. The molecule has 0 radical (unpaired) electrons. The number of carboxylic acid groups (broad SMARTS) is 1. The molecule has 1 atom stereocenters. The Bertz CT molecular complexity index is 1410. The number of rotatable bonds is 9. The van der Waals surface area contributed by atoms with Crippen LogP contribution >= 0.6 is 0 Å². The monoisotopic (exact) mass is 559 g/mol. The lowest BCUT2D eigenvalue weighted by Crippen LogP contribution is -2.56. The summed E-state index contributed by atoms with van der Waals surface area (Å²) in [6.07, 6.45) is -0.857. The third-order valence-electron chi connectivity index (χ3n) is 6.67. The van der Waals surface area contributed by atoms with Gasteiger partial charge in [-0.3, -0.25) is 14.4 Å². The fourth-order valence-electron chi connectivity index (χ4n) is 4.53. The van der Waals surface area contributed by atoms with Crippen molar-refractivity contribution in [3.63, 3.8) is 0 Å². The molecule has 1 saturated heterocycles. The number of nitrogens with one attached hydrogen (secondary N) is 1. The normalized spacial score (nSPS) is 13.8. The summed E-state index contributed by atoms with van der Waals surface area (Å²) in [6, 6.07) is 17.4. The first-order chi connectivity index (χ1) is 19.7. The maximum absolute atomic E-state index is 13.5. The molecular formula is C30H33N5O6. The molecule has 1 aliphatic rings. The van der Waals surface area contributed by atoms with Crippen molar-refractivity contribution in [1.29, 1.82) is 0 Å². The van der Waals surface area contributed by atoms with Crippen LogP contribution in [0.5, 0.6) is 0 Å². The summed E-state index contributed by atoms with van der Waals surface area (Å²) in [6.45, 7) is 4.95. The lowest BCUT2D eigenvalue weighted by atomic mass is 10.1. The maximum atomic E-state index is 13.5. The van der Waals surface area contributed by atoms with Crippen LogP contribution in [0.3, 0.4) is 0 Å². The highest BCUT2D eigenvalue weighted by Gasteiger charge is 2.31. The van der Waals surface area contributed by atoms with E-state index in [4.69, 9.17) is 9.72 Å². The molecule has 11 heteroatoms. The number of aromatic nitrogens is 2. The largest absolute Gasteiger partial charge is 0.481 e. The first-order valence-electron chi connectivity index (χ1n) is 13.5. The van der Waals surface area contributed by atoms with Crippen LogP contribution in [0.15, 0.2) is 60.7 Å². The number of carbonyl (C=O) groups is 4. The summed E-state index contributed by atoms with van der Waals surface area (Å²) in [7, 11) is 0. The van der Waals surface area contributed by atoms with Gasteiger partial charge in [-0.25, -0.2) is 14.8 Å². The summed E-state index contributed by atoms with van der Waals surface area (Å²) in [5.41, 5.74) is 3.13. The highest BCUT2D eigenvalue weighted by atomic mass is 16.6. The van der Waals surface area contributed by atoms with E-state index in [0.29, 0.717) is 17.1 Å². The summed E-state index contributed by atoms with van der Waals surface area (Å²) in [5, 5.41) is 12.0. The van der Waals surface area contributed by atoms with Crippen molar-refractivity contribution in [2.24, 2.45) is 0 Å². The maximum Gasteiger partial charge on any atom is 0.409 e. The number of benzene rings is 2. The number of aryl methyl sites for hydroxylation is 1. The quantitative estimate of drug-likeness (QED) is 0.406. The number of hydrogen-bond acceptors (Lipinski definition) is 7. The molecule has 0 saturated carbocycles. The van der Waals surface area contributed by atoms with Crippen molar-refractivity contribution in [1.82, 2.24) is 25.1 Å². The second-order valence-corrected chi connectivity index (χ2v) is 9.67. The Morgan fingerprint density at radius 1 is 0.927 bits per heavy atom. The number of ether oxygens (including phenoxy) is 1. The highest BCUT2D eigenvalue weighted by molar-refractivity contribution is 5.97. The van der Waals surface area contributed by atoms with Gasteiger partial charge in [0, 0.05) is 43.7 Å². The molecule has 11 nitrogen and oxygen atoms in total. The van der Waals surface area contributed by atoms with E-state index in [9.17, 15) is 24.3 Å². The molecule has 2 aromatic carbocycles. The molecule has 214 valence electrons. The molecule has 2 heterocycles. The Kier molecular flexibility index (Phi) is 9.62. The molecule has 1 fully saturated rings. The molecule has 1 aliphatic heterocycles. The van der Waals surface area contributed by atoms with Gasteiger partial charge in [0.25, 0.3) is 5.91 Å². The molecule has 0 aliphatic carbocycles. The average molecular weight is 560 g/mol. The number of carboxylic acids is 1. The number of hydrogen-bond donors (Lipinski definition) is 2. The van der Waals surface area contributed by atoms with Gasteiger partial charge in [0.05, 0.1) is 12.3 Å². The van der Waals surface area contributed by atoms with Gasteiger partial charge in [-0.1, -0.05) is 54.1 Å². The van der Waals surface area contributed by atoms with Gasteiger partial charge >= 0.3 is 12.1 Å². The Balaban J connectivity index is 1.59. The van der Waals surface area contributed by atoms with Gasteiger partial charge in [-0.05, 0) is 32.4 Å². The molecule has 2 N–H and O–H groups in total. The predicted molar refractivity (Wildman–Crippen MR) is 151 cm³/mol. The minimum atomic E-state index is -1.09. The van der Waals surface area contributed by atoms with Gasteiger partial charge in [0.15, 0.2) is 5.82 Å². The first kappa shape index (κ1) is 29.2. The Morgan fingerprint density at radius 3 is 2.27 bits per heavy atom. The minimum Gasteiger partial charge on any atom is -0.481 e. The van der Waals surface area contributed by atoms with Crippen molar-refractivity contribution in [2.45, 2.75) is 32.7 Å². The van der Waals surface area contributed by atoms with E-state index in [1.807, 2.05) is 61.5 Å². The number of aliphatic carboxylic acids is 1. The Morgan fingerprint density at radius 2 is 1.61 bits per heavy atom. The second kappa shape index (κ2) is 13.5. The fraction of sp³-hybridized carbons (Fsp3) is 0.333. The van der Waals surface area contributed by atoms with Crippen LogP contribution in [-0.2, 0) is 14.3 Å². The standard InChI is InChI=1S/C30H33N5O6/c1-3-41-30(40)35-16-14-34(15-17-35)29(39)23(12-13-26(36)37)33-28(38)25-19-24(22-11-7-8-20(2)18-22)31-27(32-25)21-9-5-4-6-10-21/h4-11,18-19,23H,3,12-17H2,1-2H3,(H,33,38)(H,36,37). The number of piperazine rings is 1. The molecular weight excluding hydrogens is 526 g/mol. The predicted octanol–water partition coefficient (Wildman–Crippen LogP) is 3.38. The first-order valence-corrected chi connectivity index (χ1v) is 13.5. The number of nitrogens with zero attached hydrogens (tertiary/aromatic N) is 4. The van der Waals surface area contributed by atoms with Gasteiger partial charge in [-0.15, -0.1) is 0 Å². The third-order valence-corrected chi connectivity index (χ3v) is 6.67.